The van der Waals surface area contributed by atoms with Crippen molar-refractivity contribution in [3.63, 3.8) is 0 Å². The Kier molecular flexibility index (Phi) is 6.69. The SMILES string of the molecule is CCCS(=O)(=O)N1CC(c2nc(-c3ccc(C)c(NC(=O)c4cnc5cc(NCC)ccn45)c3)no2)C1. The van der Waals surface area contributed by atoms with E-state index in [2.05, 4.69) is 25.8 Å². The first-order chi connectivity index (χ1) is 17.8. The molecule has 12 heteroatoms. The lowest BCUT2D eigenvalue weighted by molar-refractivity contribution is 0.102. The van der Waals surface area contributed by atoms with E-state index in [1.807, 2.05) is 51.2 Å². The highest BCUT2D eigenvalue weighted by atomic mass is 32.2. The highest BCUT2D eigenvalue weighted by Gasteiger charge is 2.39. The molecule has 0 saturated carbocycles. The third-order valence-electron chi connectivity index (χ3n) is 6.37. The van der Waals surface area contributed by atoms with Crippen molar-refractivity contribution in [1.82, 2.24) is 23.8 Å². The Balaban J connectivity index is 1.31. The lowest BCUT2D eigenvalue weighted by Crippen LogP contribution is -2.49. The minimum Gasteiger partial charge on any atom is -0.385 e. The van der Waals surface area contributed by atoms with Crippen molar-refractivity contribution < 1.29 is 17.7 Å². The molecule has 1 fully saturated rings. The standard InChI is InChI=1S/C25H29N7O4S/c1-4-10-37(34,35)31-14-18(15-31)25-29-23(30-36-25)17-7-6-16(3)20(11-17)28-24(33)21-13-27-22-12-19(26-5-2)8-9-32(21)22/h6-9,11-13,18,26H,4-5,10,14-15H2,1-3H3,(H,28,33). The normalized spacial score (nSPS) is 14.6. The fraction of sp³-hybridized carbons (Fsp3) is 0.360. The van der Waals surface area contributed by atoms with E-state index >= 15 is 0 Å². The molecule has 1 aromatic carbocycles. The van der Waals surface area contributed by atoms with E-state index in [0.717, 1.165) is 17.8 Å². The second kappa shape index (κ2) is 9.94. The molecule has 0 unspecified atom stereocenters. The van der Waals surface area contributed by atoms with Crippen molar-refractivity contribution in [2.24, 2.45) is 0 Å². The van der Waals surface area contributed by atoms with Crippen LogP contribution in [0.15, 0.2) is 47.2 Å². The number of nitrogens with zero attached hydrogens (tertiary/aromatic N) is 5. The minimum absolute atomic E-state index is 0.124. The Morgan fingerprint density at radius 1 is 1.19 bits per heavy atom. The number of aryl methyl sites for hydroxylation is 1. The molecule has 194 valence electrons. The van der Waals surface area contributed by atoms with Crippen LogP contribution in [0.25, 0.3) is 17.0 Å². The molecule has 37 heavy (non-hydrogen) atoms. The van der Waals surface area contributed by atoms with Gasteiger partial charge in [-0.2, -0.15) is 4.98 Å². The molecule has 2 N–H and O–H groups in total. The van der Waals surface area contributed by atoms with Crippen molar-refractivity contribution >= 4 is 33.0 Å². The van der Waals surface area contributed by atoms with Crippen molar-refractivity contribution in [3.8, 4) is 11.4 Å². The smallest absolute Gasteiger partial charge is 0.274 e. The van der Waals surface area contributed by atoms with Gasteiger partial charge in [0.25, 0.3) is 5.91 Å². The molecule has 1 aliphatic rings. The summed E-state index contributed by atoms with van der Waals surface area (Å²) in [6, 6.07) is 9.32. The van der Waals surface area contributed by atoms with Gasteiger partial charge in [0.2, 0.25) is 21.7 Å². The number of carbonyl (C=O) groups excluding carboxylic acids is 1. The van der Waals surface area contributed by atoms with E-state index in [1.165, 1.54) is 4.31 Å². The first kappa shape index (κ1) is 24.9. The molecule has 11 nitrogen and oxygen atoms in total. The Bertz CT molecular complexity index is 1550. The molecule has 1 aliphatic heterocycles. The number of anilines is 2. The summed E-state index contributed by atoms with van der Waals surface area (Å²) in [6.07, 6.45) is 3.94. The Morgan fingerprint density at radius 3 is 2.76 bits per heavy atom. The number of amides is 1. The van der Waals surface area contributed by atoms with E-state index in [1.54, 1.807) is 16.7 Å². The van der Waals surface area contributed by atoms with Crippen LogP contribution in [0.5, 0.6) is 0 Å². The monoisotopic (exact) mass is 523 g/mol. The van der Waals surface area contributed by atoms with Crippen LogP contribution in [-0.4, -0.2) is 63.5 Å². The van der Waals surface area contributed by atoms with Gasteiger partial charge in [-0.05, 0) is 38.0 Å². The molecule has 1 saturated heterocycles. The minimum atomic E-state index is -3.23. The second-order valence-corrected chi connectivity index (χ2v) is 11.2. The summed E-state index contributed by atoms with van der Waals surface area (Å²) in [5.41, 5.74) is 4.20. The predicted octanol–water partition coefficient (Wildman–Crippen LogP) is 3.52. The van der Waals surface area contributed by atoms with Gasteiger partial charge in [-0.15, -0.1) is 0 Å². The molecule has 1 amide bonds. The van der Waals surface area contributed by atoms with E-state index in [0.29, 0.717) is 53.8 Å². The fourth-order valence-electron chi connectivity index (χ4n) is 4.27. The quantitative estimate of drug-likeness (QED) is 0.340. The number of fused-ring (bicyclic) bond motifs is 1. The molecule has 5 rings (SSSR count). The molecular formula is C25H29N7O4S. The van der Waals surface area contributed by atoms with Gasteiger partial charge in [0, 0.05) is 48.8 Å². The first-order valence-corrected chi connectivity index (χ1v) is 13.8. The average molecular weight is 524 g/mol. The van der Waals surface area contributed by atoms with Crippen LogP contribution < -0.4 is 10.6 Å². The number of aromatic nitrogens is 4. The Labute approximate surface area is 214 Å². The Hall–Kier alpha value is -3.77. The van der Waals surface area contributed by atoms with Crippen LogP contribution in [0.1, 0.15) is 48.1 Å². The topological polar surface area (TPSA) is 135 Å². The third kappa shape index (κ3) is 4.94. The van der Waals surface area contributed by atoms with Gasteiger partial charge < -0.3 is 15.2 Å². The van der Waals surface area contributed by atoms with Crippen molar-refractivity contribution in [2.45, 2.75) is 33.1 Å². The number of hydrogen-bond donors (Lipinski definition) is 2. The fourth-order valence-corrected chi connectivity index (χ4v) is 5.86. The lowest BCUT2D eigenvalue weighted by Gasteiger charge is -2.35. The number of nitrogens with one attached hydrogen (secondary N) is 2. The van der Waals surface area contributed by atoms with Gasteiger partial charge in [0.05, 0.1) is 17.9 Å². The van der Waals surface area contributed by atoms with Gasteiger partial charge in [0.1, 0.15) is 11.3 Å². The van der Waals surface area contributed by atoms with Crippen LogP contribution in [0.2, 0.25) is 0 Å². The Morgan fingerprint density at radius 2 is 2.00 bits per heavy atom. The molecule has 0 radical (unpaired) electrons. The number of sulfonamides is 1. The summed E-state index contributed by atoms with van der Waals surface area (Å²) in [7, 11) is -3.23. The molecule has 0 bridgehead atoms. The number of carbonyl (C=O) groups is 1. The number of benzene rings is 1. The largest absolute Gasteiger partial charge is 0.385 e. The van der Waals surface area contributed by atoms with E-state index < -0.39 is 10.0 Å². The highest BCUT2D eigenvalue weighted by molar-refractivity contribution is 7.89. The first-order valence-electron chi connectivity index (χ1n) is 12.2. The van der Waals surface area contributed by atoms with Crippen LogP contribution >= 0.6 is 0 Å². The maximum absolute atomic E-state index is 13.1. The van der Waals surface area contributed by atoms with Gasteiger partial charge in [-0.25, -0.2) is 17.7 Å². The molecule has 4 aromatic rings. The van der Waals surface area contributed by atoms with Crippen LogP contribution in [0, 0.1) is 6.92 Å². The molecule has 0 atom stereocenters. The lowest BCUT2D eigenvalue weighted by atomic mass is 10.0. The van der Waals surface area contributed by atoms with Gasteiger partial charge in [-0.3, -0.25) is 9.20 Å². The van der Waals surface area contributed by atoms with Crippen molar-refractivity contribution in [3.05, 3.63) is 59.9 Å². The van der Waals surface area contributed by atoms with E-state index in [9.17, 15) is 13.2 Å². The number of rotatable bonds is 9. The molecular weight excluding hydrogens is 494 g/mol. The zero-order valence-electron chi connectivity index (χ0n) is 20.9. The van der Waals surface area contributed by atoms with Crippen LogP contribution in [-0.2, 0) is 10.0 Å². The zero-order valence-corrected chi connectivity index (χ0v) is 21.7. The molecule has 0 spiro atoms. The molecule has 4 heterocycles. The molecule has 0 aliphatic carbocycles. The highest BCUT2D eigenvalue weighted by Crippen LogP contribution is 2.31. The maximum Gasteiger partial charge on any atom is 0.274 e. The average Bonchev–Trinajstić information content (AvgIpc) is 3.47. The zero-order chi connectivity index (χ0) is 26.2. The maximum atomic E-state index is 13.1. The number of imidazole rings is 1. The van der Waals surface area contributed by atoms with Gasteiger partial charge in [-0.1, -0.05) is 24.2 Å². The van der Waals surface area contributed by atoms with E-state index in [-0.39, 0.29) is 17.6 Å². The summed E-state index contributed by atoms with van der Waals surface area (Å²) < 4.78 is 33.0. The van der Waals surface area contributed by atoms with Crippen LogP contribution in [0.3, 0.4) is 0 Å². The summed E-state index contributed by atoms with van der Waals surface area (Å²) in [5, 5.41) is 10.3. The summed E-state index contributed by atoms with van der Waals surface area (Å²) in [6.45, 7) is 7.24. The van der Waals surface area contributed by atoms with Crippen molar-refractivity contribution in [2.75, 3.05) is 36.0 Å². The van der Waals surface area contributed by atoms with Crippen LogP contribution in [0.4, 0.5) is 11.4 Å². The number of pyridine rings is 1. The van der Waals surface area contributed by atoms with Gasteiger partial charge >= 0.3 is 0 Å². The predicted molar refractivity (Wildman–Crippen MR) is 140 cm³/mol. The van der Waals surface area contributed by atoms with Crippen molar-refractivity contribution in [1.29, 1.82) is 0 Å². The van der Waals surface area contributed by atoms with E-state index in [4.69, 9.17) is 4.52 Å². The second-order valence-electron chi connectivity index (χ2n) is 9.09. The molecule has 3 aromatic heterocycles. The van der Waals surface area contributed by atoms with Gasteiger partial charge in [0.15, 0.2) is 0 Å². The third-order valence-corrected chi connectivity index (χ3v) is 8.37. The summed E-state index contributed by atoms with van der Waals surface area (Å²) in [4.78, 5) is 22.0. The summed E-state index contributed by atoms with van der Waals surface area (Å²) in [5.74, 6) is 0.512. The number of hydrogen-bond acceptors (Lipinski definition) is 8. The summed E-state index contributed by atoms with van der Waals surface area (Å²) >= 11 is 0.